The predicted molar refractivity (Wildman–Crippen MR) is 105 cm³/mol. The maximum atomic E-state index is 12.4. The minimum atomic E-state index is -0.212. The van der Waals surface area contributed by atoms with Crippen LogP contribution in [0.15, 0.2) is 71.7 Å². The fourth-order valence-electron chi connectivity index (χ4n) is 3.02. The van der Waals surface area contributed by atoms with Gasteiger partial charge in [-0.15, -0.1) is 0 Å². The molecule has 3 heterocycles. The second kappa shape index (κ2) is 6.75. The van der Waals surface area contributed by atoms with Gasteiger partial charge in [-0.1, -0.05) is 12.1 Å². The molecule has 0 bridgehead atoms. The number of aromatic nitrogens is 4. The molecule has 2 aromatic carbocycles. The van der Waals surface area contributed by atoms with Gasteiger partial charge in [0, 0.05) is 43.0 Å². The van der Waals surface area contributed by atoms with Crippen molar-refractivity contribution in [2.24, 2.45) is 0 Å². The number of hydrogen-bond acceptors (Lipinski definition) is 6. The molecule has 0 saturated heterocycles. The van der Waals surface area contributed by atoms with Crippen molar-refractivity contribution >= 4 is 22.8 Å². The first-order valence-electron chi connectivity index (χ1n) is 8.91. The molecule has 5 rings (SSSR count). The number of amides is 1. The maximum absolute atomic E-state index is 12.4. The van der Waals surface area contributed by atoms with Gasteiger partial charge in [0.25, 0.3) is 5.91 Å². The summed E-state index contributed by atoms with van der Waals surface area (Å²) in [5.41, 5.74) is 3.41. The summed E-state index contributed by atoms with van der Waals surface area (Å²) in [4.78, 5) is 25.0. The number of phenols is 1. The molecule has 0 fully saturated rings. The number of hydrogen-bond donors (Lipinski definition) is 2. The monoisotopic (exact) mass is 385 g/mol. The van der Waals surface area contributed by atoms with E-state index in [1.165, 1.54) is 6.20 Å². The lowest BCUT2D eigenvalue weighted by molar-refractivity contribution is 0.0950. The molecule has 8 heteroatoms. The fourth-order valence-corrected chi connectivity index (χ4v) is 3.02. The summed E-state index contributed by atoms with van der Waals surface area (Å²) >= 11 is 0. The lowest BCUT2D eigenvalue weighted by Gasteiger charge is -2.06. The Hall–Kier alpha value is -4.20. The molecule has 0 spiro atoms. The van der Waals surface area contributed by atoms with Gasteiger partial charge in [-0.25, -0.2) is 15.0 Å². The van der Waals surface area contributed by atoms with Crippen LogP contribution in [0.2, 0.25) is 0 Å². The van der Waals surface area contributed by atoms with Crippen LogP contribution in [0.25, 0.3) is 28.3 Å². The van der Waals surface area contributed by atoms with E-state index >= 15 is 0 Å². The number of aromatic hydroxyl groups is 1. The minimum absolute atomic E-state index is 0.144. The number of fused-ring (bicyclic) bond motifs is 2. The third-order valence-electron chi connectivity index (χ3n) is 4.53. The van der Waals surface area contributed by atoms with Gasteiger partial charge in [0.15, 0.2) is 5.58 Å². The van der Waals surface area contributed by atoms with E-state index in [2.05, 4.69) is 20.3 Å². The van der Waals surface area contributed by atoms with Crippen LogP contribution in [-0.4, -0.2) is 30.4 Å². The van der Waals surface area contributed by atoms with E-state index in [-0.39, 0.29) is 11.7 Å². The van der Waals surface area contributed by atoms with Crippen molar-refractivity contribution in [1.82, 2.24) is 24.7 Å². The first-order chi connectivity index (χ1) is 14.2. The van der Waals surface area contributed by atoms with Gasteiger partial charge in [0.05, 0.1) is 5.56 Å². The van der Waals surface area contributed by atoms with Crippen LogP contribution in [0.5, 0.6) is 5.75 Å². The molecule has 5 aromatic rings. The van der Waals surface area contributed by atoms with E-state index in [1.54, 1.807) is 41.2 Å². The largest absolute Gasteiger partial charge is 0.508 e. The highest BCUT2D eigenvalue weighted by molar-refractivity contribution is 5.93. The zero-order valence-electron chi connectivity index (χ0n) is 15.1. The van der Waals surface area contributed by atoms with Crippen molar-refractivity contribution < 1.29 is 14.3 Å². The van der Waals surface area contributed by atoms with Gasteiger partial charge in [-0.3, -0.25) is 9.20 Å². The quantitative estimate of drug-likeness (QED) is 0.492. The molecule has 0 saturated carbocycles. The van der Waals surface area contributed by atoms with E-state index in [4.69, 9.17) is 4.42 Å². The first-order valence-corrected chi connectivity index (χ1v) is 8.91. The fraction of sp³-hybridized carbons (Fsp3) is 0.0476. The minimum Gasteiger partial charge on any atom is -0.508 e. The highest BCUT2D eigenvalue weighted by atomic mass is 16.3. The number of nitrogens with one attached hydrogen (secondary N) is 1. The van der Waals surface area contributed by atoms with Crippen molar-refractivity contribution in [3.63, 3.8) is 0 Å². The molecule has 2 N–H and O–H groups in total. The van der Waals surface area contributed by atoms with Gasteiger partial charge in [-0.2, -0.15) is 0 Å². The lowest BCUT2D eigenvalue weighted by Crippen LogP contribution is -2.23. The van der Waals surface area contributed by atoms with Crippen molar-refractivity contribution in [3.05, 3.63) is 78.4 Å². The summed E-state index contributed by atoms with van der Waals surface area (Å²) in [6.07, 6.45) is 6.57. The zero-order chi connectivity index (χ0) is 19.8. The van der Waals surface area contributed by atoms with Crippen molar-refractivity contribution in [2.45, 2.75) is 6.54 Å². The van der Waals surface area contributed by atoms with E-state index in [0.29, 0.717) is 34.9 Å². The standard InChI is InChI=1S/C21H15N5O3/c27-16-5-6-18-17(9-16)25-20(29-18)14-3-1-13(2-4-14)10-23-19(28)15-11-24-21-22-7-8-26(21)12-15/h1-9,11-12,27H,10H2,(H,23,28). The SMILES string of the molecule is O=C(NCc1ccc(-c2nc3cc(O)ccc3o2)cc1)c1cnc2nccn2c1. The van der Waals surface area contributed by atoms with Crippen LogP contribution in [0.3, 0.4) is 0 Å². The molecule has 3 aromatic heterocycles. The van der Waals surface area contributed by atoms with E-state index in [9.17, 15) is 9.90 Å². The number of nitrogens with zero attached hydrogens (tertiary/aromatic N) is 4. The number of phenolic OH excluding ortho intramolecular Hbond substituents is 1. The number of carbonyl (C=O) groups is 1. The second-order valence-corrected chi connectivity index (χ2v) is 6.53. The summed E-state index contributed by atoms with van der Waals surface area (Å²) in [6, 6.07) is 12.4. The Labute approximate surface area is 164 Å². The number of rotatable bonds is 4. The van der Waals surface area contributed by atoms with Crippen LogP contribution in [0.4, 0.5) is 0 Å². The summed E-state index contributed by atoms with van der Waals surface area (Å²) < 4.78 is 7.43. The molecule has 0 aliphatic rings. The lowest BCUT2D eigenvalue weighted by atomic mass is 10.1. The summed E-state index contributed by atoms with van der Waals surface area (Å²) in [5.74, 6) is 0.953. The highest BCUT2D eigenvalue weighted by Gasteiger charge is 2.10. The predicted octanol–water partition coefficient (Wildman–Crippen LogP) is 3.17. The molecule has 1 amide bonds. The molecular weight excluding hydrogens is 370 g/mol. The molecule has 0 aliphatic heterocycles. The molecular formula is C21H15N5O3. The Kier molecular flexibility index (Phi) is 3.94. The normalized spacial score (nSPS) is 11.2. The van der Waals surface area contributed by atoms with Crippen molar-refractivity contribution in [1.29, 1.82) is 0 Å². The molecule has 0 unspecified atom stereocenters. The van der Waals surface area contributed by atoms with Gasteiger partial charge in [0.1, 0.15) is 11.3 Å². The van der Waals surface area contributed by atoms with Crippen LogP contribution in [0.1, 0.15) is 15.9 Å². The topological polar surface area (TPSA) is 106 Å². The molecule has 142 valence electrons. The second-order valence-electron chi connectivity index (χ2n) is 6.53. The molecule has 8 nitrogen and oxygen atoms in total. The van der Waals surface area contributed by atoms with E-state index in [1.807, 2.05) is 24.3 Å². The van der Waals surface area contributed by atoms with E-state index < -0.39 is 0 Å². The first kappa shape index (κ1) is 16.9. The number of imidazole rings is 1. The van der Waals surface area contributed by atoms with Gasteiger partial charge in [0.2, 0.25) is 11.7 Å². The Morgan fingerprint density at radius 2 is 2.00 bits per heavy atom. The smallest absolute Gasteiger partial charge is 0.254 e. The van der Waals surface area contributed by atoms with Crippen LogP contribution in [0, 0.1) is 0 Å². The Morgan fingerprint density at radius 3 is 2.86 bits per heavy atom. The molecule has 29 heavy (non-hydrogen) atoms. The average Bonchev–Trinajstić information content (AvgIpc) is 3.38. The average molecular weight is 385 g/mol. The highest BCUT2D eigenvalue weighted by Crippen LogP contribution is 2.26. The number of oxazole rings is 1. The van der Waals surface area contributed by atoms with E-state index in [0.717, 1.165) is 11.1 Å². The van der Waals surface area contributed by atoms with Gasteiger partial charge < -0.3 is 14.8 Å². The molecule has 0 atom stereocenters. The van der Waals surface area contributed by atoms with Gasteiger partial charge >= 0.3 is 0 Å². The maximum Gasteiger partial charge on any atom is 0.254 e. The number of benzene rings is 2. The Balaban J connectivity index is 1.29. The van der Waals surface area contributed by atoms with Crippen molar-refractivity contribution in [2.75, 3.05) is 0 Å². The van der Waals surface area contributed by atoms with Crippen LogP contribution in [-0.2, 0) is 6.54 Å². The van der Waals surface area contributed by atoms with Crippen LogP contribution >= 0.6 is 0 Å². The third kappa shape index (κ3) is 3.27. The van der Waals surface area contributed by atoms with Gasteiger partial charge in [-0.05, 0) is 29.8 Å². The summed E-state index contributed by atoms with van der Waals surface area (Å²) in [7, 11) is 0. The Bertz CT molecular complexity index is 1340. The third-order valence-corrected chi connectivity index (χ3v) is 4.53. The molecule has 0 radical (unpaired) electrons. The molecule has 0 aliphatic carbocycles. The summed E-state index contributed by atoms with van der Waals surface area (Å²) in [6.45, 7) is 0.377. The van der Waals surface area contributed by atoms with Crippen LogP contribution < -0.4 is 5.32 Å². The number of carbonyl (C=O) groups excluding carboxylic acids is 1. The Morgan fingerprint density at radius 1 is 1.14 bits per heavy atom. The van der Waals surface area contributed by atoms with Crippen molar-refractivity contribution in [3.8, 4) is 17.2 Å². The summed E-state index contributed by atoms with van der Waals surface area (Å²) in [5, 5.41) is 12.4. The zero-order valence-corrected chi connectivity index (χ0v) is 15.1.